The molecular weight excluding hydrogens is 158 g/mol. The van der Waals surface area contributed by atoms with Crippen molar-refractivity contribution >= 4 is 11.6 Å². The molecule has 0 aliphatic rings. The van der Waals surface area contributed by atoms with Crippen LogP contribution in [0.25, 0.3) is 0 Å². The molecule has 0 spiro atoms. The van der Waals surface area contributed by atoms with E-state index < -0.39 is 0 Å². The molecule has 2 N–H and O–H groups in total. The molecular formula is C9H8ClN. The van der Waals surface area contributed by atoms with Gasteiger partial charge in [-0.25, -0.2) is 0 Å². The van der Waals surface area contributed by atoms with Crippen molar-refractivity contribution in [2.24, 2.45) is 5.73 Å². The first-order chi connectivity index (χ1) is 5.33. The van der Waals surface area contributed by atoms with Crippen molar-refractivity contribution in [2.75, 3.05) is 6.54 Å². The highest BCUT2D eigenvalue weighted by Gasteiger charge is 1.86. The molecule has 0 saturated heterocycles. The fraction of sp³-hybridized carbons (Fsp3) is 0.111. The average molecular weight is 166 g/mol. The quantitative estimate of drug-likeness (QED) is 0.582. The summed E-state index contributed by atoms with van der Waals surface area (Å²) in [5, 5.41) is 0.703. The Morgan fingerprint density at radius 1 is 1.45 bits per heavy atom. The fourth-order valence-corrected chi connectivity index (χ4v) is 0.910. The zero-order valence-corrected chi connectivity index (χ0v) is 6.73. The standard InChI is InChI=1S/C9H8ClN/c10-9-5-1-3-8(7-9)4-2-6-11/h1,3,5,7H,6,11H2. The van der Waals surface area contributed by atoms with Crippen molar-refractivity contribution in [1.29, 1.82) is 0 Å². The van der Waals surface area contributed by atoms with Gasteiger partial charge in [-0.05, 0) is 18.2 Å². The molecule has 0 heterocycles. The van der Waals surface area contributed by atoms with Gasteiger partial charge in [0.25, 0.3) is 0 Å². The van der Waals surface area contributed by atoms with Crippen LogP contribution in [0.3, 0.4) is 0 Å². The van der Waals surface area contributed by atoms with Gasteiger partial charge in [-0.15, -0.1) is 0 Å². The first kappa shape index (κ1) is 8.13. The van der Waals surface area contributed by atoms with Gasteiger partial charge in [0.05, 0.1) is 6.54 Å². The molecule has 0 aliphatic heterocycles. The summed E-state index contributed by atoms with van der Waals surface area (Å²) < 4.78 is 0. The molecule has 0 fully saturated rings. The van der Waals surface area contributed by atoms with Gasteiger partial charge in [0.2, 0.25) is 0 Å². The van der Waals surface area contributed by atoms with Crippen LogP contribution in [0.15, 0.2) is 24.3 Å². The van der Waals surface area contributed by atoms with Gasteiger partial charge < -0.3 is 5.73 Å². The lowest BCUT2D eigenvalue weighted by Crippen LogP contribution is -1.92. The van der Waals surface area contributed by atoms with Crippen LogP contribution in [0.2, 0.25) is 5.02 Å². The highest BCUT2D eigenvalue weighted by atomic mass is 35.5. The van der Waals surface area contributed by atoms with Crippen LogP contribution in [-0.4, -0.2) is 6.54 Å². The minimum Gasteiger partial charge on any atom is -0.320 e. The van der Waals surface area contributed by atoms with Crippen molar-refractivity contribution in [2.45, 2.75) is 0 Å². The van der Waals surface area contributed by atoms with E-state index in [1.165, 1.54) is 0 Å². The summed E-state index contributed by atoms with van der Waals surface area (Å²) in [6.07, 6.45) is 0. The van der Waals surface area contributed by atoms with Crippen LogP contribution >= 0.6 is 11.6 Å². The number of rotatable bonds is 0. The Balaban J connectivity index is 2.87. The number of halogens is 1. The van der Waals surface area contributed by atoms with Gasteiger partial charge in [0, 0.05) is 10.6 Å². The van der Waals surface area contributed by atoms with Gasteiger partial charge in [0.1, 0.15) is 0 Å². The summed E-state index contributed by atoms with van der Waals surface area (Å²) in [5.41, 5.74) is 6.11. The van der Waals surface area contributed by atoms with Crippen LogP contribution in [0.4, 0.5) is 0 Å². The van der Waals surface area contributed by atoms with Crippen LogP contribution in [-0.2, 0) is 0 Å². The van der Waals surface area contributed by atoms with E-state index in [2.05, 4.69) is 11.8 Å². The maximum Gasteiger partial charge on any atom is 0.0555 e. The molecule has 1 aromatic rings. The third kappa shape index (κ3) is 2.63. The second kappa shape index (κ2) is 4.02. The monoisotopic (exact) mass is 165 g/mol. The topological polar surface area (TPSA) is 26.0 Å². The van der Waals surface area contributed by atoms with Gasteiger partial charge in [-0.1, -0.05) is 29.5 Å². The maximum absolute atomic E-state index is 5.72. The summed E-state index contributed by atoms with van der Waals surface area (Å²) in [6, 6.07) is 7.39. The Morgan fingerprint density at radius 3 is 2.91 bits per heavy atom. The zero-order valence-electron chi connectivity index (χ0n) is 5.97. The molecule has 2 heteroatoms. The minimum absolute atomic E-state index is 0.381. The van der Waals surface area contributed by atoms with E-state index in [1.54, 1.807) is 0 Å². The zero-order chi connectivity index (χ0) is 8.10. The Morgan fingerprint density at radius 2 is 2.27 bits per heavy atom. The lowest BCUT2D eigenvalue weighted by Gasteiger charge is -1.89. The van der Waals surface area contributed by atoms with Crippen LogP contribution in [0.1, 0.15) is 5.56 Å². The van der Waals surface area contributed by atoms with Crippen LogP contribution < -0.4 is 5.73 Å². The summed E-state index contributed by atoms with van der Waals surface area (Å²) >= 11 is 5.72. The van der Waals surface area contributed by atoms with Crippen molar-refractivity contribution in [1.82, 2.24) is 0 Å². The largest absolute Gasteiger partial charge is 0.320 e. The van der Waals surface area contributed by atoms with Crippen molar-refractivity contribution in [3.63, 3.8) is 0 Å². The molecule has 0 radical (unpaired) electrons. The lowest BCUT2D eigenvalue weighted by atomic mass is 10.2. The number of benzene rings is 1. The molecule has 1 aromatic carbocycles. The van der Waals surface area contributed by atoms with E-state index in [4.69, 9.17) is 17.3 Å². The molecule has 0 unspecified atom stereocenters. The van der Waals surface area contributed by atoms with Gasteiger partial charge in [0.15, 0.2) is 0 Å². The van der Waals surface area contributed by atoms with E-state index in [1.807, 2.05) is 24.3 Å². The molecule has 56 valence electrons. The molecule has 0 atom stereocenters. The third-order valence-corrected chi connectivity index (χ3v) is 1.39. The smallest absolute Gasteiger partial charge is 0.0555 e. The Kier molecular flexibility index (Phi) is 2.97. The van der Waals surface area contributed by atoms with Crippen LogP contribution in [0.5, 0.6) is 0 Å². The second-order valence-corrected chi connectivity index (χ2v) is 2.45. The van der Waals surface area contributed by atoms with Crippen molar-refractivity contribution in [3.8, 4) is 11.8 Å². The average Bonchev–Trinajstić information content (AvgIpc) is 2.01. The van der Waals surface area contributed by atoms with Gasteiger partial charge in [-0.2, -0.15) is 0 Å². The fourth-order valence-electron chi connectivity index (χ4n) is 0.719. The molecule has 0 aliphatic carbocycles. The van der Waals surface area contributed by atoms with E-state index in [0.717, 1.165) is 5.56 Å². The van der Waals surface area contributed by atoms with Gasteiger partial charge in [-0.3, -0.25) is 0 Å². The Bertz CT molecular complexity index is 296. The molecule has 11 heavy (non-hydrogen) atoms. The van der Waals surface area contributed by atoms with Gasteiger partial charge >= 0.3 is 0 Å². The first-order valence-electron chi connectivity index (χ1n) is 3.27. The lowest BCUT2D eigenvalue weighted by molar-refractivity contribution is 1.30. The second-order valence-electron chi connectivity index (χ2n) is 2.02. The summed E-state index contributed by atoms with van der Waals surface area (Å²) in [6.45, 7) is 0.381. The predicted molar refractivity (Wildman–Crippen MR) is 47.4 cm³/mol. The van der Waals surface area contributed by atoms with E-state index in [0.29, 0.717) is 11.6 Å². The number of hydrogen-bond donors (Lipinski definition) is 1. The number of nitrogens with two attached hydrogens (primary N) is 1. The van der Waals surface area contributed by atoms with Crippen LogP contribution in [0, 0.1) is 11.8 Å². The molecule has 0 aromatic heterocycles. The summed E-state index contributed by atoms with van der Waals surface area (Å²) in [5.74, 6) is 5.64. The van der Waals surface area contributed by atoms with E-state index in [9.17, 15) is 0 Å². The molecule has 0 amide bonds. The predicted octanol–water partition coefficient (Wildman–Crippen LogP) is 1.65. The highest BCUT2D eigenvalue weighted by Crippen LogP contribution is 2.08. The van der Waals surface area contributed by atoms with E-state index >= 15 is 0 Å². The molecule has 1 nitrogen and oxygen atoms in total. The number of hydrogen-bond acceptors (Lipinski definition) is 1. The highest BCUT2D eigenvalue weighted by molar-refractivity contribution is 6.30. The first-order valence-corrected chi connectivity index (χ1v) is 3.65. The maximum atomic E-state index is 5.72. The normalized spacial score (nSPS) is 8.55. The Labute approximate surface area is 71.2 Å². The SMILES string of the molecule is NCC#Cc1cccc(Cl)c1. The van der Waals surface area contributed by atoms with Crippen molar-refractivity contribution in [3.05, 3.63) is 34.9 Å². The van der Waals surface area contributed by atoms with E-state index in [-0.39, 0.29) is 0 Å². The molecule has 0 bridgehead atoms. The molecule has 1 rings (SSSR count). The minimum atomic E-state index is 0.381. The molecule has 0 saturated carbocycles. The van der Waals surface area contributed by atoms with Crippen molar-refractivity contribution < 1.29 is 0 Å². The Hall–Kier alpha value is -0.970. The third-order valence-electron chi connectivity index (χ3n) is 1.16. The summed E-state index contributed by atoms with van der Waals surface area (Å²) in [7, 11) is 0. The summed E-state index contributed by atoms with van der Waals surface area (Å²) in [4.78, 5) is 0.